The zero-order valence-electron chi connectivity index (χ0n) is 33.8. The molecular weight excluding hydrogens is 775 g/mol. The smallest absolute Gasteiger partial charge is 0.277 e. The highest BCUT2D eigenvalue weighted by molar-refractivity contribution is 6.19. The van der Waals surface area contributed by atoms with Crippen LogP contribution in [0.4, 0.5) is 0 Å². The number of para-hydroxylation sites is 4. The largest absolute Gasteiger partial charge is 0.545 e. The topological polar surface area (TPSA) is 75.8 Å². The molecule has 0 fully saturated rings. The summed E-state index contributed by atoms with van der Waals surface area (Å²) in [6.45, 7) is 0. The van der Waals surface area contributed by atoms with Gasteiger partial charge in [-0.25, -0.2) is 9.98 Å². The molecule has 12 aromatic rings. The van der Waals surface area contributed by atoms with E-state index in [-0.39, 0.29) is 0 Å². The summed E-state index contributed by atoms with van der Waals surface area (Å²) in [6, 6.07) is 69.4. The van der Waals surface area contributed by atoms with Gasteiger partial charge in [0.15, 0.2) is 5.84 Å². The quantitative estimate of drug-likeness (QED) is 0.170. The van der Waals surface area contributed by atoms with Crippen LogP contribution < -0.4 is 5.32 Å². The molecule has 0 radical (unpaired) electrons. The average molecular weight is 811 g/mol. The summed E-state index contributed by atoms with van der Waals surface area (Å²) in [6.07, 6.45) is -0.478. The number of benzene rings is 9. The van der Waals surface area contributed by atoms with Gasteiger partial charge in [0.25, 0.3) is 11.2 Å². The third kappa shape index (κ3) is 5.73. The minimum Gasteiger partial charge on any atom is -0.545 e. The first-order chi connectivity index (χ1) is 31.2. The number of aliphatic imine (C=N–C) groups is 2. The van der Waals surface area contributed by atoms with E-state index in [1.54, 1.807) is 0 Å². The van der Waals surface area contributed by atoms with Gasteiger partial charge >= 0.3 is 0 Å². The number of nitrogens with one attached hydrogen (secondary N) is 1. The number of nitrogens with zero attached hydrogens (tertiary/aromatic N) is 2. The average Bonchev–Trinajstić information content (AvgIpc) is 4.06. The maximum Gasteiger partial charge on any atom is 0.277 e. The highest BCUT2D eigenvalue weighted by atomic mass is 16.3. The first kappa shape index (κ1) is 35.3. The van der Waals surface area contributed by atoms with Crippen molar-refractivity contribution in [2.24, 2.45) is 9.98 Å². The summed E-state index contributed by atoms with van der Waals surface area (Å²) < 4.78 is 18.8. The molecule has 0 saturated heterocycles. The van der Waals surface area contributed by atoms with Gasteiger partial charge in [0.05, 0.1) is 16.3 Å². The highest BCUT2D eigenvalue weighted by Crippen LogP contribution is 2.46. The second-order valence-corrected chi connectivity index (χ2v) is 16.1. The highest BCUT2D eigenvalue weighted by Gasteiger charge is 2.29. The minimum absolute atomic E-state index is 0.478. The first-order valence-electron chi connectivity index (χ1n) is 21.2. The Labute approximate surface area is 361 Å². The van der Waals surface area contributed by atoms with E-state index in [1.807, 2.05) is 48.5 Å². The summed E-state index contributed by atoms with van der Waals surface area (Å²) in [4.78, 5) is 10.6. The van der Waals surface area contributed by atoms with Crippen LogP contribution in [0.25, 0.3) is 99.2 Å². The SMILES string of the molecule is c1ccc(C2=NC(c3cccc4[oH+]c5c(-c6cccc7c6oc6ccccc67)cc(-c6cccc7c6oc6ccccc67)cc5c34)NC(c3cccc(-c4ccccc4)c3)=N2)cc1. The molecule has 6 nitrogen and oxygen atoms in total. The third-order valence-electron chi connectivity index (χ3n) is 12.4. The van der Waals surface area contributed by atoms with Crippen LogP contribution >= 0.6 is 0 Å². The number of hydrogen-bond donors (Lipinski definition) is 1. The van der Waals surface area contributed by atoms with Crippen molar-refractivity contribution in [1.82, 2.24) is 5.32 Å². The molecule has 1 atom stereocenters. The molecule has 0 aliphatic carbocycles. The van der Waals surface area contributed by atoms with Gasteiger partial charge in [-0.3, -0.25) is 0 Å². The van der Waals surface area contributed by atoms with Crippen molar-refractivity contribution in [3.63, 3.8) is 0 Å². The van der Waals surface area contributed by atoms with Gasteiger partial charge < -0.3 is 18.6 Å². The van der Waals surface area contributed by atoms with Crippen LogP contribution in [0.1, 0.15) is 22.9 Å². The van der Waals surface area contributed by atoms with Gasteiger partial charge in [-0.15, -0.1) is 0 Å². The first-order valence-corrected chi connectivity index (χ1v) is 21.2. The molecule has 0 saturated carbocycles. The third-order valence-corrected chi connectivity index (χ3v) is 12.4. The summed E-state index contributed by atoms with van der Waals surface area (Å²) in [5, 5.41) is 10.1. The Bertz CT molecular complexity index is 3840. The van der Waals surface area contributed by atoms with E-state index >= 15 is 0 Å². The van der Waals surface area contributed by atoms with Crippen LogP contribution in [-0.2, 0) is 0 Å². The second kappa shape index (κ2) is 14.0. The summed E-state index contributed by atoms with van der Waals surface area (Å²) in [5.41, 5.74) is 14.3. The number of amidine groups is 2. The van der Waals surface area contributed by atoms with E-state index in [0.717, 1.165) is 122 Å². The lowest BCUT2D eigenvalue weighted by atomic mass is 9.93. The van der Waals surface area contributed by atoms with Crippen molar-refractivity contribution in [3.8, 4) is 33.4 Å². The molecule has 13 rings (SSSR count). The molecule has 296 valence electrons. The van der Waals surface area contributed by atoms with Crippen LogP contribution in [0.3, 0.4) is 0 Å². The van der Waals surface area contributed by atoms with Crippen molar-refractivity contribution in [2.75, 3.05) is 0 Å². The second-order valence-electron chi connectivity index (χ2n) is 16.1. The van der Waals surface area contributed by atoms with Gasteiger partial charge in [0, 0.05) is 55.4 Å². The molecule has 1 aliphatic rings. The van der Waals surface area contributed by atoms with Gasteiger partial charge in [-0.05, 0) is 47.0 Å². The lowest BCUT2D eigenvalue weighted by molar-refractivity contribution is 0.661. The van der Waals surface area contributed by atoms with Gasteiger partial charge in [-0.2, -0.15) is 0 Å². The molecule has 0 bridgehead atoms. The summed E-state index contributed by atoms with van der Waals surface area (Å²) in [7, 11) is 0. The monoisotopic (exact) mass is 810 g/mol. The number of rotatable bonds is 6. The Kier molecular flexibility index (Phi) is 7.87. The van der Waals surface area contributed by atoms with Crippen molar-refractivity contribution in [3.05, 3.63) is 217 Å². The van der Waals surface area contributed by atoms with E-state index in [4.69, 9.17) is 23.2 Å². The molecule has 1 unspecified atom stereocenters. The normalized spacial score (nSPS) is 14.2. The Morgan fingerprint density at radius 3 is 1.76 bits per heavy atom. The predicted octanol–water partition coefficient (Wildman–Crippen LogP) is 15.0. The number of hydrogen-bond acceptors (Lipinski definition) is 5. The molecule has 0 spiro atoms. The van der Waals surface area contributed by atoms with Gasteiger partial charge in [-0.1, -0.05) is 164 Å². The zero-order valence-corrected chi connectivity index (χ0v) is 33.8. The van der Waals surface area contributed by atoms with Gasteiger partial charge in [0.1, 0.15) is 34.3 Å². The van der Waals surface area contributed by atoms with Gasteiger partial charge in [0.2, 0.25) is 0 Å². The molecule has 3 aromatic heterocycles. The van der Waals surface area contributed by atoms with Crippen LogP contribution in [0.2, 0.25) is 0 Å². The van der Waals surface area contributed by atoms with E-state index in [9.17, 15) is 0 Å². The van der Waals surface area contributed by atoms with E-state index in [0.29, 0.717) is 5.84 Å². The Balaban J connectivity index is 1.06. The lowest BCUT2D eigenvalue weighted by Gasteiger charge is -2.24. The van der Waals surface area contributed by atoms with Crippen LogP contribution in [0.15, 0.2) is 223 Å². The standard InChI is InChI=1S/C57H35N3O3/c1-3-15-34(16-4-1)36-19-11-20-37(31-36)56-58-55(35-17-5-2-6-18-35)59-57(60-56)45-27-14-30-50-51(45)47-33-38(39-23-12-24-42-40-21-7-9-28-48(40)61-52(39)42)32-46(54(47)63-50)44-26-13-25-43-41-22-8-10-29-49(41)62-53(43)44/h1-33,57H,(H,58,59,60)/p+1. The van der Waals surface area contributed by atoms with Crippen LogP contribution in [-0.4, -0.2) is 11.7 Å². The fourth-order valence-electron chi connectivity index (χ4n) is 9.48. The Morgan fingerprint density at radius 1 is 0.429 bits per heavy atom. The zero-order chi connectivity index (χ0) is 41.4. The van der Waals surface area contributed by atoms with Crippen molar-refractivity contribution < 1.29 is 13.3 Å². The van der Waals surface area contributed by atoms with Crippen molar-refractivity contribution in [2.45, 2.75) is 6.17 Å². The maximum atomic E-state index is 6.69. The fraction of sp³-hybridized carbons (Fsp3) is 0.0175. The molecule has 2 N–H and O–H groups in total. The van der Waals surface area contributed by atoms with E-state index < -0.39 is 6.17 Å². The predicted molar refractivity (Wildman–Crippen MR) is 258 cm³/mol. The van der Waals surface area contributed by atoms with Crippen LogP contribution in [0.5, 0.6) is 0 Å². The molecule has 9 aromatic carbocycles. The molecule has 63 heavy (non-hydrogen) atoms. The minimum atomic E-state index is -0.478. The molecule has 4 heterocycles. The van der Waals surface area contributed by atoms with E-state index in [1.165, 1.54) is 0 Å². The Hall–Kier alpha value is -8.48. The summed E-state index contributed by atoms with van der Waals surface area (Å²) >= 11 is 0. The molecule has 0 amide bonds. The van der Waals surface area contributed by atoms with E-state index in [2.05, 4.69) is 157 Å². The van der Waals surface area contributed by atoms with Crippen LogP contribution in [0, 0.1) is 0 Å². The fourth-order valence-corrected chi connectivity index (χ4v) is 9.48. The molecule has 6 heteroatoms. The van der Waals surface area contributed by atoms with Crippen molar-refractivity contribution in [1.29, 1.82) is 0 Å². The van der Waals surface area contributed by atoms with Crippen molar-refractivity contribution >= 4 is 77.5 Å². The molecular formula is C57H36N3O3+. The summed E-state index contributed by atoms with van der Waals surface area (Å²) in [5.74, 6) is 1.41. The number of fused-ring (bicyclic) bond motifs is 9. The molecule has 1 aliphatic heterocycles. The Morgan fingerprint density at radius 2 is 1.02 bits per heavy atom. The maximum absolute atomic E-state index is 6.69. The number of furan rings is 3. The lowest BCUT2D eigenvalue weighted by Crippen LogP contribution is -2.33.